The largest absolute Gasteiger partial charge is 0.493 e. The molecule has 2 aromatic carbocycles. The maximum absolute atomic E-state index is 6.37. The van der Waals surface area contributed by atoms with Gasteiger partial charge in [0.25, 0.3) is 0 Å². The van der Waals surface area contributed by atoms with Crippen molar-refractivity contribution >= 4 is 15.9 Å². The van der Waals surface area contributed by atoms with E-state index >= 15 is 0 Å². The second-order valence-corrected chi connectivity index (χ2v) is 5.51. The van der Waals surface area contributed by atoms with Crippen molar-refractivity contribution in [3.8, 4) is 11.5 Å². The summed E-state index contributed by atoms with van der Waals surface area (Å²) in [5.41, 5.74) is 9.62. The smallest absolute Gasteiger partial charge is 0.161 e. The Balaban J connectivity index is 2.40. The quantitative estimate of drug-likeness (QED) is 0.923. The molecule has 2 N–H and O–H groups in total. The van der Waals surface area contributed by atoms with E-state index in [-0.39, 0.29) is 6.04 Å². The monoisotopic (exact) mass is 335 g/mol. The predicted molar refractivity (Wildman–Crippen MR) is 84.5 cm³/mol. The first kappa shape index (κ1) is 14.9. The van der Waals surface area contributed by atoms with Crippen molar-refractivity contribution in [3.05, 3.63) is 57.6 Å². The Morgan fingerprint density at radius 1 is 1.00 bits per heavy atom. The molecule has 1 atom stereocenters. The molecule has 0 saturated heterocycles. The highest BCUT2D eigenvalue weighted by Crippen LogP contribution is 2.32. The minimum absolute atomic E-state index is 0.192. The lowest BCUT2D eigenvalue weighted by Gasteiger charge is -2.17. The van der Waals surface area contributed by atoms with Gasteiger partial charge in [-0.15, -0.1) is 0 Å². The van der Waals surface area contributed by atoms with Crippen LogP contribution in [0.1, 0.15) is 22.7 Å². The molecule has 0 amide bonds. The second kappa shape index (κ2) is 6.29. The molecule has 0 heterocycles. The Kier molecular flexibility index (Phi) is 4.68. The molecule has 3 nitrogen and oxygen atoms in total. The third-order valence-electron chi connectivity index (χ3n) is 3.33. The van der Waals surface area contributed by atoms with Crippen LogP contribution in [0.25, 0.3) is 0 Å². The average molecular weight is 336 g/mol. The Hall–Kier alpha value is -1.52. The van der Waals surface area contributed by atoms with Gasteiger partial charge in [-0.2, -0.15) is 0 Å². The van der Waals surface area contributed by atoms with Crippen LogP contribution in [0.4, 0.5) is 0 Å². The van der Waals surface area contributed by atoms with E-state index in [9.17, 15) is 0 Å². The molecule has 0 spiro atoms. The van der Waals surface area contributed by atoms with Gasteiger partial charge in [0.2, 0.25) is 0 Å². The van der Waals surface area contributed by atoms with Gasteiger partial charge in [-0.25, -0.2) is 0 Å². The Morgan fingerprint density at radius 3 is 2.30 bits per heavy atom. The van der Waals surface area contributed by atoms with E-state index in [0.717, 1.165) is 21.2 Å². The van der Waals surface area contributed by atoms with Crippen molar-refractivity contribution in [2.24, 2.45) is 5.73 Å². The first-order valence-corrected chi connectivity index (χ1v) is 7.09. The molecule has 0 aliphatic rings. The Labute approximate surface area is 127 Å². The summed E-state index contributed by atoms with van der Waals surface area (Å²) in [5.74, 6) is 1.39. The first-order valence-electron chi connectivity index (χ1n) is 6.30. The lowest BCUT2D eigenvalue weighted by atomic mass is 9.95. The summed E-state index contributed by atoms with van der Waals surface area (Å²) in [6.45, 7) is 2.06. The summed E-state index contributed by atoms with van der Waals surface area (Å²) in [7, 11) is 3.24. The van der Waals surface area contributed by atoms with Crippen molar-refractivity contribution in [2.45, 2.75) is 13.0 Å². The van der Waals surface area contributed by atoms with Crippen molar-refractivity contribution < 1.29 is 9.47 Å². The second-order valence-electron chi connectivity index (χ2n) is 4.59. The standard InChI is InChI=1S/C16H18BrNO2/c1-10-8-12(17)5-6-13(10)16(18)11-4-7-14(19-2)15(9-11)20-3/h4-9,16H,18H2,1-3H3. The normalized spacial score (nSPS) is 12.1. The molecule has 2 rings (SSSR count). The predicted octanol–water partition coefficient (Wildman–Crippen LogP) is 3.82. The number of nitrogens with two attached hydrogens (primary N) is 1. The van der Waals surface area contributed by atoms with Gasteiger partial charge < -0.3 is 15.2 Å². The number of methoxy groups -OCH3 is 2. The molecule has 1 unspecified atom stereocenters. The van der Waals surface area contributed by atoms with Gasteiger partial charge in [-0.3, -0.25) is 0 Å². The van der Waals surface area contributed by atoms with E-state index in [1.165, 1.54) is 0 Å². The van der Waals surface area contributed by atoms with E-state index in [0.29, 0.717) is 11.5 Å². The van der Waals surface area contributed by atoms with Crippen molar-refractivity contribution in [2.75, 3.05) is 14.2 Å². The van der Waals surface area contributed by atoms with E-state index in [2.05, 4.69) is 28.9 Å². The number of hydrogen-bond acceptors (Lipinski definition) is 3. The topological polar surface area (TPSA) is 44.5 Å². The van der Waals surface area contributed by atoms with Crippen molar-refractivity contribution in [1.82, 2.24) is 0 Å². The summed E-state index contributed by atoms with van der Waals surface area (Å²) in [6.07, 6.45) is 0. The molecule has 106 valence electrons. The fraction of sp³-hybridized carbons (Fsp3) is 0.250. The minimum Gasteiger partial charge on any atom is -0.493 e. The first-order chi connectivity index (χ1) is 9.56. The van der Waals surface area contributed by atoms with E-state index in [1.54, 1.807) is 14.2 Å². The maximum atomic E-state index is 6.37. The highest BCUT2D eigenvalue weighted by molar-refractivity contribution is 9.10. The third-order valence-corrected chi connectivity index (χ3v) is 3.83. The summed E-state index contributed by atoms with van der Waals surface area (Å²) in [6, 6.07) is 11.7. The number of hydrogen-bond donors (Lipinski definition) is 1. The van der Waals surface area contributed by atoms with Crippen LogP contribution >= 0.6 is 15.9 Å². The summed E-state index contributed by atoms with van der Waals surface area (Å²) >= 11 is 3.47. The van der Waals surface area contributed by atoms with Gasteiger partial charge in [0, 0.05) is 4.47 Å². The van der Waals surface area contributed by atoms with Crippen LogP contribution in [0, 0.1) is 6.92 Å². The molecule has 0 aromatic heterocycles. The minimum atomic E-state index is -0.192. The van der Waals surface area contributed by atoms with Gasteiger partial charge in [0.1, 0.15) is 0 Å². The molecular weight excluding hydrogens is 318 g/mol. The van der Waals surface area contributed by atoms with Gasteiger partial charge in [0.15, 0.2) is 11.5 Å². The van der Waals surface area contributed by atoms with Gasteiger partial charge in [0.05, 0.1) is 20.3 Å². The van der Waals surface area contributed by atoms with Gasteiger partial charge in [-0.05, 0) is 47.9 Å². The zero-order valence-corrected chi connectivity index (χ0v) is 13.4. The lowest BCUT2D eigenvalue weighted by molar-refractivity contribution is 0.354. The van der Waals surface area contributed by atoms with Crippen LogP contribution < -0.4 is 15.2 Å². The molecule has 2 aromatic rings. The summed E-state index contributed by atoms with van der Waals surface area (Å²) < 4.78 is 11.6. The molecule has 0 aliphatic carbocycles. The number of aryl methyl sites for hydroxylation is 1. The molecule has 0 fully saturated rings. The number of benzene rings is 2. The van der Waals surface area contributed by atoms with Crippen LogP contribution in [0.15, 0.2) is 40.9 Å². The molecule has 0 radical (unpaired) electrons. The number of rotatable bonds is 4. The molecular formula is C16H18BrNO2. The van der Waals surface area contributed by atoms with Crippen LogP contribution in [-0.2, 0) is 0 Å². The Morgan fingerprint density at radius 2 is 1.70 bits per heavy atom. The van der Waals surface area contributed by atoms with Gasteiger partial charge in [-0.1, -0.05) is 28.1 Å². The maximum Gasteiger partial charge on any atom is 0.161 e. The lowest BCUT2D eigenvalue weighted by Crippen LogP contribution is -2.13. The molecule has 0 bridgehead atoms. The molecule has 0 saturated carbocycles. The SMILES string of the molecule is COc1ccc(C(N)c2ccc(Br)cc2C)cc1OC. The van der Waals surface area contributed by atoms with E-state index in [1.807, 2.05) is 30.3 Å². The average Bonchev–Trinajstić information content (AvgIpc) is 2.45. The van der Waals surface area contributed by atoms with Crippen LogP contribution in [0.5, 0.6) is 11.5 Å². The fourth-order valence-electron chi connectivity index (χ4n) is 2.21. The molecule has 20 heavy (non-hydrogen) atoms. The third kappa shape index (κ3) is 2.97. The highest BCUT2D eigenvalue weighted by Gasteiger charge is 2.14. The zero-order valence-electron chi connectivity index (χ0n) is 11.8. The number of halogens is 1. The van der Waals surface area contributed by atoms with Crippen molar-refractivity contribution in [3.63, 3.8) is 0 Å². The van der Waals surface area contributed by atoms with E-state index in [4.69, 9.17) is 15.2 Å². The van der Waals surface area contributed by atoms with Crippen molar-refractivity contribution in [1.29, 1.82) is 0 Å². The number of ether oxygens (including phenoxy) is 2. The van der Waals surface area contributed by atoms with Crippen LogP contribution in [0.3, 0.4) is 0 Å². The highest BCUT2D eigenvalue weighted by atomic mass is 79.9. The fourth-order valence-corrected chi connectivity index (χ4v) is 2.69. The zero-order chi connectivity index (χ0) is 14.7. The summed E-state index contributed by atoms with van der Waals surface area (Å²) in [4.78, 5) is 0. The van der Waals surface area contributed by atoms with E-state index < -0.39 is 0 Å². The van der Waals surface area contributed by atoms with Gasteiger partial charge >= 0.3 is 0 Å². The summed E-state index contributed by atoms with van der Waals surface area (Å²) in [5, 5.41) is 0. The molecule has 0 aliphatic heterocycles. The van der Waals surface area contributed by atoms with Crippen LogP contribution in [0.2, 0.25) is 0 Å². The van der Waals surface area contributed by atoms with Crippen LogP contribution in [-0.4, -0.2) is 14.2 Å². The Bertz CT molecular complexity index is 613. The molecule has 4 heteroatoms.